The van der Waals surface area contributed by atoms with Gasteiger partial charge in [0.05, 0.1) is 30.0 Å². The van der Waals surface area contributed by atoms with Gasteiger partial charge >= 0.3 is 0 Å². The predicted molar refractivity (Wildman–Crippen MR) is 77.0 cm³/mol. The number of rotatable bonds is 2. The van der Waals surface area contributed by atoms with Crippen molar-refractivity contribution in [2.45, 2.75) is 45.8 Å². The normalized spacial score (nSPS) is 23.2. The van der Waals surface area contributed by atoms with Crippen molar-refractivity contribution in [3.63, 3.8) is 0 Å². The summed E-state index contributed by atoms with van der Waals surface area (Å²) in [6.45, 7) is 8.97. The minimum absolute atomic E-state index is 0.0206. The Labute approximate surface area is 124 Å². The van der Waals surface area contributed by atoms with E-state index in [1.165, 1.54) is 6.20 Å². The Hall–Kier alpha value is -1.20. The van der Waals surface area contributed by atoms with Crippen LogP contribution >= 0.6 is 11.6 Å². The number of carbonyl (C=O) groups is 1. The Kier molecular flexibility index (Phi) is 4.60. The zero-order valence-corrected chi connectivity index (χ0v) is 13.0. The second-order valence-electron chi connectivity index (χ2n) is 5.53. The first-order chi connectivity index (χ1) is 9.40. The molecule has 1 aromatic rings. The molecule has 1 aliphatic heterocycles. The molecule has 0 aromatic carbocycles. The van der Waals surface area contributed by atoms with E-state index in [0.717, 1.165) is 0 Å². The molecule has 6 heteroatoms. The predicted octanol–water partition coefficient (Wildman–Crippen LogP) is 2.50. The van der Waals surface area contributed by atoms with Crippen molar-refractivity contribution in [1.29, 1.82) is 0 Å². The molecule has 20 heavy (non-hydrogen) atoms. The van der Waals surface area contributed by atoms with Crippen LogP contribution < -0.4 is 0 Å². The van der Waals surface area contributed by atoms with Gasteiger partial charge in [0, 0.05) is 12.5 Å². The first-order valence-corrected chi connectivity index (χ1v) is 7.23. The summed E-state index contributed by atoms with van der Waals surface area (Å²) >= 11 is 6.10. The summed E-state index contributed by atoms with van der Waals surface area (Å²) in [7, 11) is 0. The fourth-order valence-corrected chi connectivity index (χ4v) is 2.30. The van der Waals surface area contributed by atoms with E-state index in [1.807, 2.05) is 27.7 Å². The minimum atomic E-state index is -0.151. The Morgan fingerprint density at radius 1 is 1.50 bits per heavy atom. The van der Waals surface area contributed by atoms with Crippen molar-refractivity contribution < 1.29 is 9.53 Å². The van der Waals surface area contributed by atoms with Gasteiger partial charge in [-0.1, -0.05) is 25.4 Å². The summed E-state index contributed by atoms with van der Waals surface area (Å²) in [5, 5.41) is 0.297. The van der Waals surface area contributed by atoms with E-state index in [9.17, 15) is 4.79 Å². The highest BCUT2D eigenvalue weighted by Gasteiger charge is 2.30. The Bertz CT molecular complexity index is 507. The number of carbonyl (C=O) groups excluding carboxylic acids is 1. The molecule has 0 aliphatic carbocycles. The quantitative estimate of drug-likeness (QED) is 0.841. The van der Waals surface area contributed by atoms with Crippen molar-refractivity contribution in [3.05, 3.63) is 22.7 Å². The average molecular weight is 298 g/mol. The zero-order chi connectivity index (χ0) is 14.9. The number of amides is 1. The van der Waals surface area contributed by atoms with E-state index in [1.54, 1.807) is 4.90 Å². The fraction of sp³-hybridized carbons (Fsp3) is 0.643. The molecule has 0 saturated carbocycles. The average Bonchev–Trinajstić information content (AvgIpc) is 2.41. The third-order valence-electron chi connectivity index (χ3n) is 3.35. The summed E-state index contributed by atoms with van der Waals surface area (Å²) in [5.41, 5.74) is 0.284. The molecule has 2 atom stereocenters. The molecule has 2 heterocycles. The first-order valence-electron chi connectivity index (χ1n) is 6.85. The molecule has 1 saturated heterocycles. The van der Waals surface area contributed by atoms with Crippen LogP contribution in [0, 0.1) is 0 Å². The first kappa shape index (κ1) is 15.2. The lowest BCUT2D eigenvalue weighted by molar-refractivity contribution is -0.0389. The minimum Gasteiger partial charge on any atom is -0.375 e. The number of morpholine rings is 1. The lowest BCUT2D eigenvalue weighted by atomic mass is 10.1. The van der Waals surface area contributed by atoms with Crippen LogP contribution in [-0.2, 0) is 4.74 Å². The number of hydrogen-bond donors (Lipinski definition) is 0. The second-order valence-corrected chi connectivity index (χ2v) is 5.94. The van der Waals surface area contributed by atoms with E-state index in [2.05, 4.69) is 9.97 Å². The second kappa shape index (κ2) is 6.06. The molecule has 1 amide bonds. The van der Waals surface area contributed by atoms with Crippen molar-refractivity contribution in [1.82, 2.24) is 14.9 Å². The zero-order valence-electron chi connectivity index (χ0n) is 12.3. The van der Waals surface area contributed by atoms with E-state index in [-0.39, 0.29) is 29.7 Å². The Morgan fingerprint density at radius 2 is 2.20 bits per heavy atom. The van der Waals surface area contributed by atoms with Crippen LogP contribution in [0.3, 0.4) is 0 Å². The van der Waals surface area contributed by atoms with Gasteiger partial charge in [0.15, 0.2) is 5.69 Å². The molecule has 2 unspecified atom stereocenters. The fourth-order valence-electron chi connectivity index (χ4n) is 2.13. The van der Waals surface area contributed by atoms with E-state index in [4.69, 9.17) is 16.3 Å². The number of hydrogen-bond acceptors (Lipinski definition) is 4. The highest BCUT2D eigenvalue weighted by atomic mass is 35.5. The van der Waals surface area contributed by atoms with Gasteiger partial charge in [-0.05, 0) is 13.8 Å². The molecule has 0 bridgehead atoms. The highest BCUT2D eigenvalue weighted by Crippen LogP contribution is 2.21. The summed E-state index contributed by atoms with van der Waals surface area (Å²) in [6, 6.07) is 0.0206. The SMILES string of the molecule is CC1CN(C(=O)c2nc(C(C)C)ncc2Cl)C(C)CO1. The van der Waals surface area contributed by atoms with E-state index >= 15 is 0 Å². The maximum Gasteiger partial charge on any atom is 0.274 e. The van der Waals surface area contributed by atoms with Crippen LogP contribution in [0.1, 0.15) is 49.9 Å². The lowest BCUT2D eigenvalue weighted by Crippen LogP contribution is -2.50. The maximum absolute atomic E-state index is 12.6. The van der Waals surface area contributed by atoms with Gasteiger partial charge in [0.25, 0.3) is 5.91 Å². The highest BCUT2D eigenvalue weighted by molar-refractivity contribution is 6.33. The molecular weight excluding hydrogens is 278 g/mol. The van der Waals surface area contributed by atoms with Gasteiger partial charge < -0.3 is 9.64 Å². The number of aromatic nitrogens is 2. The third-order valence-corrected chi connectivity index (χ3v) is 3.63. The van der Waals surface area contributed by atoms with Gasteiger partial charge in [-0.25, -0.2) is 9.97 Å². The van der Waals surface area contributed by atoms with E-state index in [0.29, 0.717) is 24.0 Å². The summed E-state index contributed by atoms with van der Waals surface area (Å²) in [4.78, 5) is 22.9. The van der Waals surface area contributed by atoms with Gasteiger partial charge in [0.2, 0.25) is 0 Å². The molecule has 1 aromatic heterocycles. The molecular formula is C14H20ClN3O2. The molecule has 0 spiro atoms. The van der Waals surface area contributed by atoms with Gasteiger partial charge in [-0.3, -0.25) is 4.79 Å². The van der Waals surface area contributed by atoms with Crippen LogP contribution in [0.15, 0.2) is 6.20 Å². The summed E-state index contributed by atoms with van der Waals surface area (Å²) in [5.74, 6) is 0.633. The number of halogens is 1. The largest absolute Gasteiger partial charge is 0.375 e. The molecule has 0 radical (unpaired) electrons. The van der Waals surface area contributed by atoms with Crippen LogP contribution in [0.2, 0.25) is 5.02 Å². The molecule has 5 nitrogen and oxygen atoms in total. The monoisotopic (exact) mass is 297 g/mol. The van der Waals surface area contributed by atoms with Crippen LogP contribution in [0.5, 0.6) is 0 Å². The third kappa shape index (κ3) is 3.10. The van der Waals surface area contributed by atoms with E-state index < -0.39 is 0 Å². The van der Waals surface area contributed by atoms with Crippen LogP contribution in [0.4, 0.5) is 0 Å². The Balaban J connectivity index is 2.30. The molecule has 0 N–H and O–H groups in total. The van der Waals surface area contributed by atoms with Gasteiger partial charge in [0.1, 0.15) is 5.82 Å². The molecule has 110 valence electrons. The van der Waals surface area contributed by atoms with Gasteiger partial charge in [-0.15, -0.1) is 0 Å². The number of ether oxygens (including phenoxy) is 1. The molecule has 1 aliphatic rings. The standard InChI is InChI=1S/C14H20ClN3O2/c1-8(2)13-16-5-11(15)12(17-13)14(19)18-6-10(4)20-7-9(18)3/h5,8-10H,6-7H2,1-4H3. The van der Waals surface area contributed by atoms with Crippen molar-refractivity contribution in [3.8, 4) is 0 Å². The molecule has 2 rings (SSSR count). The van der Waals surface area contributed by atoms with Crippen LogP contribution in [-0.4, -0.2) is 46.1 Å². The molecule has 1 fully saturated rings. The van der Waals surface area contributed by atoms with Gasteiger partial charge in [-0.2, -0.15) is 0 Å². The summed E-state index contributed by atoms with van der Waals surface area (Å²) < 4.78 is 5.54. The number of nitrogens with zero attached hydrogens (tertiary/aromatic N) is 3. The summed E-state index contributed by atoms with van der Waals surface area (Å²) in [6.07, 6.45) is 1.53. The van der Waals surface area contributed by atoms with Crippen LogP contribution in [0.25, 0.3) is 0 Å². The van der Waals surface area contributed by atoms with Crippen molar-refractivity contribution >= 4 is 17.5 Å². The maximum atomic E-state index is 12.6. The Morgan fingerprint density at radius 3 is 2.85 bits per heavy atom. The van der Waals surface area contributed by atoms with Crippen molar-refractivity contribution in [2.75, 3.05) is 13.2 Å². The lowest BCUT2D eigenvalue weighted by Gasteiger charge is -2.36. The topological polar surface area (TPSA) is 55.3 Å². The smallest absolute Gasteiger partial charge is 0.274 e. The van der Waals surface area contributed by atoms with Crippen molar-refractivity contribution in [2.24, 2.45) is 0 Å².